The number of alkyl halides is 9. The number of hydrogen-bond acceptors (Lipinski definition) is 16. The van der Waals surface area contributed by atoms with Gasteiger partial charge in [-0.15, -0.1) is 0 Å². The van der Waals surface area contributed by atoms with E-state index in [1.807, 2.05) is 0 Å². The largest absolute Gasteiger partial charge is 0.475 e. The summed E-state index contributed by atoms with van der Waals surface area (Å²) in [6.07, 6.45) is -10.0. The number of aliphatic hydroxyl groups is 1. The first-order chi connectivity index (χ1) is 44.3. The van der Waals surface area contributed by atoms with Crippen molar-refractivity contribution in [3.8, 4) is 11.8 Å². The SMILES string of the molecule is Nc1ncnc2c1C(=O)N(c1ccc(N3CCN(CC(F)(F)F)C3=O)c(Cl)c1)CCO2.O=C(c1c(Cl)ncnc1Cl)N(CCO)c1ccc(N2CCN(CC(F)(F)F)C2=O)c(Cl)c1.O=C1c2c(Cl)ncnc2OCCN1c1ccc(N2CCN(CC(F)(F)F)C2=O)c(Cl)c1. The van der Waals surface area contributed by atoms with Gasteiger partial charge in [-0.25, -0.2) is 44.3 Å². The lowest BCUT2D eigenvalue weighted by Crippen LogP contribution is -2.38. The summed E-state index contributed by atoms with van der Waals surface area (Å²) in [7, 11) is 0. The summed E-state index contributed by atoms with van der Waals surface area (Å²) < 4.78 is 125. The second-order valence-electron chi connectivity index (χ2n) is 20.2. The average molecular weight is 1450 g/mol. The molecule has 3 saturated heterocycles. The van der Waals surface area contributed by atoms with Gasteiger partial charge >= 0.3 is 36.6 Å². The third-order valence-corrected chi connectivity index (χ3v) is 15.9. The molecule has 0 unspecified atom stereocenters. The van der Waals surface area contributed by atoms with E-state index in [0.29, 0.717) is 26.1 Å². The molecule has 0 radical (unpaired) electrons. The third-order valence-electron chi connectivity index (χ3n) is 14.2. The second kappa shape index (κ2) is 28.7. The highest BCUT2D eigenvalue weighted by molar-refractivity contribution is 6.39. The molecule has 3 aromatic carbocycles. The Morgan fingerprint density at radius 1 is 0.500 bits per heavy atom. The van der Waals surface area contributed by atoms with Crippen molar-refractivity contribution in [3.63, 3.8) is 0 Å². The second-order valence-corrected chi connectivity index (χ2v) is 22.5. The lowest BCUT2D eigenvalue weighted by Gasteiger charge is -2.25. The van der Waals surface area contributed by atoms with Gasteiger partial charge in [-0.2, -0.15) is 39.5 Å². The number of anilines is 7. The summed E-state index contributed by atoms with van der Waals surface area (Å²) in [5.74, 6) is -1.56. The minimum Gasteiger partial charge on any atom is -0.475 e. The van der Waals surface area contributed by atoms with E-state index in [-0.39, 0.29) is 160 Å². The molecule has 0 bridgehead atoms. The zero-order chi connectivity index (χ0) is 68.3. The van der Waals surface area contributed by atoms with Crippen LogP contribution in [0.5, 0.6) is 11.8 Å². The normalized spacial score (nSPS) is 16.1. The molecule has 8 heterocycles. The quantitative estimate of drug-likeness (QED) is 0.0851. The Morgan fingerprint density at radius 3 is 1.30 bits per heavy atom. The summed E-state index contributed by atoms with van der Waals surface area (Å²) in [5, 5.41) is 9.21. The molecule has 40 heteroatoms. The fraction of sp³-hybridized carbons (Fsp3) is 0.333. The summed E-state index contributed by atoms with van der Waals surface area (Å²) >= 11 is 37.0. The zero-order valence-corrected chi connectivity index (χ0v) is 52.2. The summed E-state index contributed by atoms with van der Waals surface area (Å²) in [6.45, 7) is -4.09. The van der Waals surface area contributed by atoms with Crippen LogP contribution in [0.25, 0.3) is 0 Å². The number of carbonyl (C=O) groups is 6. The van der Waals surface area contributed by atoms with Crippen LogP contribution in [0.3, 0.4) is 0 Å². The van der Waals surface area contributed by atoms with Crippen molar-refractivity contribution >= 4 is 145 Å². The fourth-order valence-corrected chi connectivity index (χ4v) is 11.5. The number of hydrogen-bond donors (Lipinski definition) is 2. The van der Waals surface area contributed by atoms with Gasteiger partial charge in [-0.1, -0.05) is 69.6 Å². The van der Waals surface area contributed by atoms with Crippen LogP contribution in [0.4, 0.5) is 93.8 Å². The van der Waals surface area contributed by atoms with Crippen LogP contribution in [-0.2, 0) is 0 Å². The predicted molar refractivity (Wildman–Crippen MR) is 324 cm³/mol. The van der Waals surface area contributed by atoms with Gasteiger partial charge in [0.1, 0.15) is 89.8 Å². The Hall–Kier alpha value is -8.41. The van der Waals surface area contributed by atoms with Gasteiger partial charge < -0.3 is 49.7 Å². The highest BCUT2D eigenvalue weighted by Crippen LogP contribution is 2.39. The van der Waals surface area contributed by atoms with Crippen molar-refractivity contribution in [2.75, 3.05) is 133 Å². The lowest BCUT2D eigenvalue weighted by molar-refractivity contribution is -0.139. The zero-order valence-electron chi connectivity index (χ0n) is 47.7. The molecule has 9 amide bonds. The van der Waals surface area contributed by atoms with Crippen molar-refractivity contribution in [3.05, 3.63) is 121 Å². The molecule has 3 fully saturated rings. The van der Waals surface area contributed by atoms with E-state index in [1.54, 1.807) is 12.1 Å². The molecule has 0 spiro atoms. The Balaban J connectivity index is 0.000000166. The topological polar surface area (TPSA) is 274 Å². The number of nitrogens with two attached hydrogens (primary N) is 1. The minimum atomic E-state index is -4.52. The van der Waals surface area contributed by atoms with Crippen molar-refractivity contribution in [2.45, 2.75) is 18.5 Å². The molecule has 0 atom stereocenters. The number of fused-ring (bicyclic) bond motifs is 2. The molecule has 500 valence electrons. The maximum atomic E-state index is 13.0. The summed E-state index contributed by atoms with van der Waals surface area (Å²) in [6, 6.07) is 10.7. The smallest absolute Gasteiger partial charge is 0.406 e. The first-order valence-electron chi connectivity index (χ1n) is 27.2. The number of nitrogen functional groups attached to an aromatic ring is 1. The van der Waals surface area contributed by atoms with Crippen molar-refractivity contribution in [1.29, 1.82) is 0 Å². The van der Waals surface area contributed by atoms with Crippen molar-refractivity contribution < 1.29 is 82.9 Å². The van der Waals surface area contributed by atoms with Crippen molar-refractivity contribution in [2.24, 2.45) is 0 Å². The molecular weight excluding hydrogens is 1400 g/mol. The van der Waals surface area contributed by atoms with Gasteiger partial charge in [0.2, 0.25) is 11.8 Å². The van der Waals surface area contributed by atoms with Gasteiger partial charge in [0.15, 0.2) is 0 Å². The van der Waals surface area contributed by atoms with E-state index in [1.165, 1.54) is 74.7 Å². The minimum absolute atomic E-state index is 0.0133. The summed E-state index contributed by atoms with van der Waals surface area (Å²) in [5.41, 5.74) is 7.39. The van der Waals surface area contributed by atoms with Crippen LogP contribution in [0.1, 0.15) is 31.1 Å². The highest BCUT2D eigenvalue weighted by Gasteiger charge is 2.43. The molecule has 25 nitrogen and oxygen atoms in total. The molecule has 6 aromatic rings. The molecule has 11 rings (SSSR count). The van der Waals surface area contributed by atoms with Gasteiger partial charge in [-0.05, 0) is 54.6 Å². The van der Waals surface area contributed by atoms with E-state index in [2.05, 4.69) is 29.9 Å². The highest BCUT2D eigenvalue weighted by atomic mass is 35.5. The molecule has 5 aliphatic heterocycles. The number of halogens is 15. The van der Waals surface area contributed by atoms with Crippen LogP contribution in [0, 0.1) is 0 Å². The number of ether oxygens (including phenoxy) is 2. The van der Waals surface area contributed by atoms with E-state index in [0.717, 1.165) is 16.1 Å². The first kappa shape index (κ1) is 69.9. The standard InChI is InChI=1S/C18H15Cl3F3N5O3.C18H14Cl2F3N5O3.C18H16ClF3N6O3/c19-11-7-10(28(5-6-30)16(31)13-14(20)25-9-26-15(13)21)1-2-12(11)29-4-3-27(17(29)32)8-18(22,23)24;19-11-7-10(27-5-6-31-15-13(16(27)29)14(20)24-9-25-15)1-2-12(11)28-4-3-26(17(28)30)8-18(21,22)23;19-11-7-10(27-5-6-31-15-13(16(27)29)14(23)24-9-25-15)1-2-12(11)28-4-3-26(17(28)30)8-18(20,21)22/h1-2,7,9,30H,3-6,8H2;1-2,7,9H,3-6,8H2;1-2,7,9H,3-6,8H2,(H2,23,24,25). The molecule has 3 aromatic heterocycles. The number of urea groups is 3. The van der Waals surface area contributed by atoms with Crippen LogP contribution in [-0.4, -0.2) is 202 Å². The van der Waals surface area contributed by atoms with Gasteiger partial charge in [0.05, 0.1) is 51.8 Å². The maximum absolute atomic E-state index is 13.0. The van der Waals surface area contributed by atoms with Crippen LogP contribution in [0.2, 0.25) is 30.5 Å². The summed E-state index contributed by atoms with van der Waals surface area (Å²) in [4.78, 5) is 109. The number of aromatic nitrogens is 6. The van der Waals surface area contributed by atoms with Crippen molar-refractivity contribution in [1.82, 2.24) is 44.6 Å². The lowest BCUT2D eigenvalue weighted by atomic mass is 10.2. The average Bonchev–Trinajstić information content (AvgIpc) is 1.53. The Bertz CT molecular complexity index is 3740. The van der Waals surface area contributed by atoms with Crippen LogP contribution >= 0.6 is 69.6 Å². The number of aliphatic hydroxyl groups excluding tert-OH is 1. The monoisotopic (exact) mass is 1440 g/mol. The third kappa shape index (κ3) is 15.9. The molecular formula is C54H45Cl6F9N16O9. The Labute approximate surface area is 554 Å². The number of benzene rings is 3. The molecule has 0 aliphatic carbocycles. The first-order valence-corrected chi connectivity index (χ1v) is 29.5. The molecule has 5 aliphatic rings. The number of carbonyl (C=O) groups excluding carboxylic acids is 6. The number of amides is 9. The molecule has 94 heavy (non-hydrogen) atoms. The molecule has 0 saturated carbocycles. The van der Waals surface area contributed by atoms with E-state index in [9.17, 15) is 73.4 Å². The Morgan fingerprint density at radius 2 is 0.883 bits per heavy atom. The Kier molecular flexibility index (Phi) is 21.3. The number of nitrogens with zero attached hydrogens (tertiary/aromatic N) is 15. The van der Waals surface area contributed by atoms with Crippen LogP contribution in [0.15, 0.2) is 73.6 Å². The van der Waals surface area contributed by atoms with Crippen LogP contribution < -0.4 is 44.6 Å². The van der Waals surface area contributed by atoms with E-state index >= 15 is 0 Å². The number of rotatable bonds is 12. The van der Waals surface area contributed by atoms with Gasteiger partial charge in [0, 0.05) is 62.9 Å². The van der Waals surface area contributed by atoms with Gasteiger partial charge in [-0.3, -0.25) is 29.1 Å². The maximum Gasteiger partial charge on any atom is 0.406 e. The molecule has 3 N–H and O–H groups in total. The van der Waals surface area contributed by atoms with E-state index < -0.39 is 80.6 Å². The predicted octanol–water partition coefficient (Wildman–Crippen LogP) is 10.1. The van der Waals surface area contributed by atoms with Gasteiger partial charge in [0.25, 0.3) is 17.7 Å². The van der Waals surface area contributed by atoms with E-state index in [4.69, 9.17) is 84.8 Å². The fourth-order valence-electron chi connectivity index (χ4n) is 10.0.